The van der Waals surface area contributed by atoms with Gasteiger partial charge < -0.3 is 5.32 Å². The smallest absolute Gasteiger partial charge is 0.137 e. The number of nitrogens with zero attached hydrogens (tertiary/aromatic N) is 2. The van der Waals surface area contributed by atoms with E-state index in [1.165, 1.54) is 5.56 Å². The van der Waals surface area contributed by atoms with Crippen LogP contribution in [0.25, 0.3) is 0 Å². The van der Waals surface area contributed by atoms with Crippen LogP contribution in [-0.4, -0.2) is 9.97 Å². The van der Waals surface area contributed by atoms with Gasteiger partial charge in [-0.05, 0) is 31.5 Å². The molecule has 0 aliphatic heterocycles. The molecule has 0 saturated carbocycles. The number of anilines is 1. The van der Waals surface area contributed by atoms with E-state index in [0.717, 1.165) is 28.1 Å². The Morgan fingerprint density at radius 1 is 1.35 bits per heavy atom. The average molecular weight is 355 g/mol. The Kier molecular flexibility index (Phi) is 5.00. The number of halogens is 2. The summed E-state index contributed by atoms with van der Waals surface area (Å²) in [6.45, 7) is 6.04. The van der Waals surface area contributed by atoms with E-state index in [0.29, 0.717) is 5.15 Å². The van der Waals surface area contributed by atoms with Crippen molar-refractivity contribution in [2.24, 2.45) is 0 Å². The molecule has 2 rings (SSSR count). The lowest BCUT2D eigenvalue weighted by Crippen LogP contribution is -2.11. The minimum absolute atomic E-state index is 0.141. The molecule has 1 atom stereocenters. The van der Waals surface area contributed by atoms with Crippen molar-refractivity contribution in [2.45, 2.75) is 33.2 Å². The lowest BCUT2D eigenvalue weighted by molar-refractivity contribution is 0.850. The van der Waals surface area contributed by atoms with E-state index in [-0.39, 0.29) is 6.04 Å². The summed E-state index contributed by atoms with van der Waals surface area (Å²) >= 11 is 9.64. The Balaban J connectivity index is 2.27. The second-order valence-electron chi connectivity index (χ2n) is 4.68. The molecule has 1 aromatic heterocycles. The summed E-state index contributed by atoms with van der Waals surface area (Å²) in [4.78, 5) is 8.77. The molecule has 20 heavy (non-hydrogen) atoms. The highest BCUT2D eigenvalue weighted by Gasteiger charge is 2.12. The third-order valence-electron chi connectivity index (χ3n) is 3.15. The van der Waals surface area contributed by atoms with E-state index in [9.17, 15) is 0 Å². The van der Waals surface area contributed by atoms with Crippen molar-refractivity contribution in [1.82, 2.24) is 9.97 Å². The molecule has 0 fully saturated rings. The van der Waals surface area contributed by atoms with Gasteiger partial charge in [-0.15, -0.1) is 0 Å². The first-order valence-electron chi connectivity index (χ1n) is 6.56. The second kappa shape index (κ2) is 6.55. The van der Waals surface area contributed by atoms with E-state index in [1.54, 1.807) is 0 Å². The first-order chi connectivity index (χ1) is 9.51. The Hall–Kier alpha value is -1.13. The molecule has 0 spiro atoms. The first kappa shape index (κ1) is 15.3. The van der Waals surface area contributed by atoms with E-state index >= 15 is 0 Å². The van der Waals surface area contributed by atoms with Gasteiger partial charge in [-0.3, -0.25) is 0 Å². The van der Waals surface area contributed by atoms with Crippen LogP contribution in [0.2, 0.25) is 5.15 Å². The topological polar surface area (TPSA) is 37.8 Å². The van der Waals surface area contributed by atoms with E-state index < -0.39 is 0 Å². The number of benzene rings is 1. The van der Waals surface area contributed by atoms with Gasteiger partial charge in [0.1, 0.15) is 16.8 Å². The Morgan fingerprint density at radius 3 is 2.75 bits per heavy atom. The summed E-state index contributed by atoms with van der Waals surface area (Å²) in [5.41, 5.74) is 2.07. The first-order valence-corrected chi connectivity index (χ1v) is 7.73. The zero-order valence-electron chi connectivity index (χ0n) is 11.7. The molecule has 3 nitrogen and oxygen atoms in total. The zero-order valence-corrected chi connectivity index (χ0v) is 14.1. The normalized spacial score (nSPS) is 12.2. The van der Waals surface area contributed by atoms with Gasteiger partial charge in [0.2, 0.25) is 0 Å². The molecule has 0 radical (unpaired) electrons. The van der Waals surface area contributed by atoms with Gasteiger partial charge in [0, 0.05) is 22.5 Å². The monoisotopic (exact) mass is 353 g/mol. The Bertz CT molecular complexity index is 616. The van der Waals surface area contributed by atoms with Crippen LogP contribution in [0.3, 0.4) is 0 Å². The summed E-state index contributed by atoms with van der Waals surface area (Å²) in [5.74, 6) is 1.55. The summed E-state index contributed by atoms with van der Waals surface area (Å²) in [6.07, 6.45) is 0.764. The zero-order chi connectivity index (χ0) is 14.7. The van der Waals surface area contributed by atoms with Crippen LogP contribution in [0.5, 0.6) is 0 Å². The maximum atomic E-state index is 6.15. The highest BCUT2D eigenvalue weighted by molar-refractivity contribution is 9.10. The minimum Gasteiger partial charge on any atom is -0.363 e. The number of nitrogens with one attached hydrogen (secondary N) is 1. The number of aryl methyl sites for hydroxylation is 1. The third-order valence-corrected chi connectivity index (χ3v) is 4.01. The number of rotatable bonds is 4. The van der Waals surface area contributed by atoms with Gasteiger partial charge in [-0.1, -0.05) is 46.6 Å². The molecule has 5 heteroatoms. The number of hydrogen-bond acceptors (Lipinski definition) is 3. The number of hydrogen-bond donors (Lipinski definition) is 1. The van der Waals surface area contributed by atoms with Crippen LogP contribution in [-0.2, 0) is 6.42 Å². The molecule has 1 aromatic carbocycles. The van der Waals surface area contributed by atoms with Crippen molar-refractivity contribution in [1.29, 1.82) is 0 Å². The fraction of sp³-hybridized carbons (Fsp3) is 0.333. The van der Waals surface area contributed by atoms with Crippen LogP contribution < -0.4 is 5.32 Å². The van der Waals surface area contributed by atoms with Crippen LogP contribution in [0.1, 0.15) is 36.8 Å². The second-order valence-corrected chi connectivity index (χ2v) is 5.95. The highest BCUT2D eigenvalue weighted by atomic mass is 79.9. The van der Waals surface area contributed by atoms with Crippen molar-refractivity contribution in [2.75, 3.05) is 5.32 Å². The van der Waals surface area contributed by atoms with Gasteiger partial charge in [-0.25, -0.2) is 9.97 Å². The molecule has 0 aliphatic rings. The van der Waals surface area contributed by atoms with Crippen molar-refractivity contribution >= 4 is 33.3 Å². The molecule has 0 saturated heterocycles. The van der Waals surface area contributed by atoms with Crippen LogP contribution in [0, 0.1) is 6.92 Å². The lowest BCUT2D eigenvalue weighted by atomic mass is 10.1. The summed E-state index contributed by atoms with van der Waals surface area (Å²) in [6, 6.07) is 8.35. The van der Waals surface area contributed by atoms with Crippen molar-refractivity contribution in [3.05, 3.63) is 50.8 Å². The molecule has 0 aliphatic carbocycles. The van der Waals surface area contributed by atoms with E-state index in [4.69, 9.17) is 11.6 Å². The SMILES string of the molecule is CCc1nc(Cl)c(C)c(NC(C)c2cccc(Br)c2)n1. The fourth-order valence-corrected chi connectivity index (χ4v) is 2.50. The molecule has 1 heterocycles. The van der Waals surface area contributed by atoms with Gasteiger partial charge in [0.25, 0.3) is 0 Å². The van der Waals surface area contributed by atoms with E-state index in [2.05, 4.69) is 50.3 Å². The summed E-state index contributed by atoms with van der Waals surface area (Å²) in [5, 5.41) is 3.93. The molecule has 1 unspecified atom stereocenters. The molecule has 106 valence electrons. The van der Waals surface area contributed by atoms with Gasteiger partial charge in [0.05, 0.1) is 0 Å². The fourth-order valence-electron chi connectivity index (χ4n) is 1.90. The molecule has 1 N–H and O–H groups in total. The van der Waals surface area contributed by atoms with Gasteiger partial charge in [-0.2, -0.15) is 0 Å². The summed E-state index contributed by atoms with van der Waals surface area (Å²) < 4.78 is 1.07. The van der Waals surface area contributed by atoms with E-state index in [1.807, 2.05) is 26.0 Å². The minimum atomic E-state index is 0.141. The molecular formula is C15H17BrClN3. The van der Waals surface area contributed by atoms with Crippen LogP contribution >= 0.6 is 27.5 Å². The van der Waals surface area contributed by atoms with Crippen molar-refractivity contribution in [3.8, 4) is 0 Å². The Labute approximate surface area is 132 Å². The molecular weight excluding hydrogens is 338 g/mol. The van der Waals surface area contributed by atoms with Crippen molar-refractivity contribution in [3.63, 3.8) is 0 Å². The lowest BCUT2D eigenvalue weighted by Gasteiger charge is -2.17. The molecule has 2 aromatic rings. The maximum Gasteiger partial charge on any atom is 0.137 e. The van der Waals surface area contributed by atoms with Gasteiger partial charge in [0.15, 0.2) is 0 Å². The third kappa shape index (κ3) is 3.49. The maximum absolute atomic E-state index is 6.15. The molecule has 0 amide bonds. The van der Waals surface area contributed by atoms with Crippen LogP contribution in [0.15, 0.2) is 28.7 Å². The predicted molar refractivity (Wildman–Crippen MR) is 87.3 cm³/mol. The van der Waals surface area contributed by atoms with Crippen LogP contribution in [0.4, 0.5) is 5.82 Å². The quantitative estimate of drug-likeness (QED) is 0.791. The molecule has 0 bridgehead atoms. The largest absolute Gasteiger partial charge is 0.363 e. The summed E-state index contributed by atoms with van der Waals surface area (Å²) in [7, 11) is 0. The standard InChI is InChI=1S/C15H17BrClN3/c1-4-13-19-14(17)9(2)15(20-13)18-10(3)11-6-5-7-12(16)8-11/h5-8,10H,4H2,1-3H3,(H,18,19,20). The number of aromatic nitrogens is 2. The predicted octanol–water partition coefficient (Wildman–Crippen LogP) is 4.94. The average Bonchev–Trinajstić information content (AvgIpc) is 2.43. The van der Waals surface area contributed by atoms with Gasteiger partial charge >= 0.3 is 0 Å². The van der Waals surface area contributed by atoms with Crippen molar-refractivity contribution < 1.29 is 0 Å². The Morgan fingerprint density at radius 2 is 2.10 bits per heavy atom. The highest BCUT2D eigenvalue weighted by Crippen LogP contribution is 2.25.